The Bertz CT molecular complexity index is 481. The van der Waals surface area contributed by atoms with E-state index in [9.17, 15) is 9.59 Å². The number of aryl methyl sites for hydroxylation is 1. The van der Waals surface area contributed by atoms with Crippen molar-refractivity contribution >= 4 is 23.2 Å². The van der Waals surface area contributed by atoms with Crippen LogP contribution in [-0.4, -0.2) is 23.5 Å². The van der Waals surface area contributed by atoms with Crippen LogP contribution in [0.2, 0.25) is 0 Å². The number of fused-ring (bicyclic) bond motifs is 1. The molecular weight excluding hydrogens is 262 g/mol. The summed E-state index contributed by atoms with van der Waals surface area (Å²) in [6.45, 7) is 2.66. The first-order valence-corrected chi connectivity index (χ1v) is 7.49. The second-order valence-corrected chi connectivity index (χ2v) is 6.30. The molecule has 0 aliphatic heterocycles. The van der Waals surface area contributed by atoms with Gasteiger partial charge in [0.1, 0.15) is 0 Å². The molecule has 19 heavy (non-hydrogen) atoms. The number of aliphatic carboxylic acids is 1. The fourth-order valence-corrected chi connectivity index (χ4v) is 3.47. The van der Waals surface area contributed by atoms with Crippen molar-refractivity contribution in [1.82, 2.24) is 5.32 Å². The molecule has 0 bridgehead atoms. The van der Waals surface area contributed by atoms with Gasteiger partial charge in [-0.2, -0.15) is 0 Å². The zero-order chi connectivity index (χ0) is 13.8. The Morgan fingerprint density at radius 2 is 2.32 bits per heavy atom. The van der Waals surface area contributed by atoms with Crippen molar-refractivity contribution < 1.29 is 14.7 Å². The van der Waals surface area contributed by atoms with Gasteiger partial charge in [-0.1, -0.05) is 6.92 Å². The fraction of sp³-hybridized carbons (Fsp3) is 0.571. The highest BCUT2D eigenvalue weighted by atomic mass is 32.1. The predicted octanol–water partition coefficient (Wildman–Crippen LogP) is 2.47. The summed E-state index contributed by atoms with van der Waals surface area (Å²) in [7, 11) is 0. The summed E-state index contributed by atoms with van der Waals surface area (Å²) in [5.41, 5.74) is 1.32. The smallest absolute Gasteiger partial charge is 0.303 e. The molecule has 104 valence electrons. The van der Waals surface area contributed by atoms with Crippen molar-refractivity contribution in [3.8, 4) is 0 Å². The molecule has 2 rings (SSSR count). The second kappa shape index (κ2) is 6.19. The van der Waals surface area contributed by atoms with Gasteiger partial charge in [-0.05, 0) is 43.2 Å². The van der Waals surface area contributed by atoms with Gasteiger partial charge in [0.25, 0.3) is 5.91 Å². The number of nitrogens with one attached hydrogen (secondary N) is 1. The lowest BCUT2D eigenvalue weighted by Gasteiger charge is -2.16. The molecule has 1 aromatic rings. The minimum Gasteiger partial charge on any atom is -0.481 e. The van der Waals surface area contributed by atoms with Crippen LogP contribution in [0.5, 0.6) is 0 Å². The highest BCUT2D eigenvalue weighted by molar-refractivity contribution is 7.14. The summed E-state index contributed by atoms with van der Waals surface area (Å²) in [6.07, 6.45) is 3.92. The third-order valence-electron chi connectivity index (χ3n) is 3.41. The Morgan fingerprint density at radius 1 is 1.53 bits per heavy atom. The Kier molecular flexibility index (Phi) is 4.58. The number of carboxylic acid groups (broad SMARTS) is 1. The number of carbonyl (C=O) groups is 2. The molecule has 0 radical (unpaired) electrons. The maximum atomic E-state index is 11.9. The number of hydrogen-bond donors (Lipinski definition) is 2. The van der Waals surface area contributed by atoms with Gasteiger partial charge in [-0.25, -0.2) is 0 Å². The topological polar surface area (TPSA) is 66.4 Å². The molecule has 1 heterocycles. The fourth-order valence-electron chi connectivity index (χ4n) is 2.35. The molecule has 0 saturated heterocycles. The van der Waals surface area contributed by atoms with Crippen molar-refractivity contribution in [1.29, 1.82) is 0 Å². The molecule has 1 amide bonds. The van der Waals surface area contributed by atoms with Crippen LogP contribution >= 0.6 is 11.3 Å². The van der Waals surface area contributed by atoms with Gasteiger partial charge in [-0.3, -0.25) is 9.59 Å². The van der Waals surface area contributed by atoms with Gasteiger partial charge in [0.2, 0.25) is 0 Å². The summed E-state index contributed by atoms with van der Waals surface area (Å²) in [4.78, 5) is 24.4. The molecule has 2 N–H and O–H groups in total. The number of rotatable bonds is 5. The first kappa shape index (κ1) is 14.1. The third kappa shape index (κ3) is 3.80. The molecule has 1 aliphatic carbocycles. The molecular formula is C14H19NO3S. The van der Waals surface area contributed by atoms with Gasteiger partial charge in [0, 0.05) is 17.8 Å². The highest BCUT2D eigenvalue weighted by Crippen LogP contribution is 2.32. The molecule has 0 aromatic carbocycles. The van der Waals surface area contributed by atoms with Crippen LogP contribution in [0.1, 0.15) is 46.3 Å². The lowest BCUT2D eigenvalue weighted by molar-refractivity contribution is -0.137. The standard InChI is InChI=1S/C14H19NO3S/c1-9-4-5-11-10(7-9)8-12(19-11)14(18)15-6-2-3-13(16)17/h8-9H,2-7H2,1H3,(H,15,18)(H,16,17). The van der Waals surface area contributed by atoms with E-state index in [1.165, 1.54) is 16.9 Å². The quantitative estimate of drug-likeness (QED) is 0.815. The zero-order valence-electron chi connectivity index (χ0n) is 11.1. The van der Waals surface area contributed by atoms with Gasteiger partial charge >= 0.3 is 5.97 Å². The first-order chi connectivity index (χ1) is 9.06. The SMILES string of the molecule is CC1CCc2sc(C(=O)NCCCC(=O)O)cc2C1. The summed E-state index contributed by atoms with van der Waals surface area (Å²) in [6, 6.07) is 2.00. The van der Waals surface area contributed by atoms with E-state index in [0.29, 0.717) is 18.9 Å². The van der Waals surface area contributed by atoms with Crippen LogP contribution in [0, 0.1) is 5.92 Å². The summed E-state index contributed by atoms with van der Waals surface area (Å²) >= 11 is 1.58. The van der Waals surface area contributed by atoms with E-state index in [-0.39, 0.29) is 12.3 Å². The van der Waals surface area contributed by atoms with Crippen LogP contribution in [-0.2, 0) is 17.6 Å². The molecule has 0 saturated carbocycles. The largest absolute Gasteiger partial charge is 0.481 e. The number of hydrogen-bond acceptors (Lipinski definition) is 3. The summed E-state index contributed by atoms with van der Waals surface area (Å²) in [5, 5.41) is 11.3. The lowest BCUT2D eigenvalue weighted by atomic mass is 9.90. The van der Waals surface area contributed by atoms with E-state index in [0.717, 1.165) is 17.7 Å². The van der Waals surface area contributed by atoms with Crippen molar-refractivity contribution in [3.63, 3.8) is 0 Å². The minimum atomic E-state index is -0.824. The van der Waals surface area contributed by atoms with Crippen LogP contribution in [0.4, 0.5) is 0 Å². The van der Waals surface area contributed by atoms with Gasteiger partial charge in [0.15, 0.2) is 0 Å². The number of carboxylic acids is 1. The minimum absolute atomic E-state index is 0.0718. The maximum Gasteiger partial charge on any atom is 0.303 e. The molecule has 0 fully saturated rings. The van der Waals surface area contributed by atoms with Crippen LogP contribution in [0.15, 0.2) is 6.07 Å². The zero-order valence-corrected chi connectivity index (χ0v) is 11.9. The maximum absolute atomic E-state index is 11.9. The Morgan fingerprint density at radius 3 is 3.05 bits per heavy atom. The molecule has 1 aromatic heterocycles. The number of carbonyl (C=O) groups excluding carboxylic acids is 1. The third-order valence-corrected chi connectivity index (χ3v) is 4.64. The Labute approximate surface area is 116 Å². The van der Waals surface area contributed by atoms with E-state index >= 15 is 0 Å². The summed E-state index contributed by atoms with van der Waals surface area (Å²) < 4.78 is 0. The normalized spacial score (nSPS) is 17.8. The van der Waals surface area contributed by atoms with E-state index in [1.54, 1.807) is 11.3 Å². The van der Waals surface area contributed by atoms with Crippen molar-refractivity contribution in [2.75, 3.05) is 6.54 Å². The number of amides is 1. The molecule has 1 unspecified atom stereocenters. The second-order valence-electron chi connectivity index (χ2n) is 5.16. The predicted molar refractivity (Wildman–Crippen MR) is 74.7 cm³/mol. The molecule has 1 aliphatic rings. The van der Waals surface area contributed by atoms with Gasteiger partial charge in [-0.15, -0.1) is 11.3 Å². The van der Waals surface area contributed by atoms with Crippen molar-refractivity contribution in [3.05, 3.63) is 21.4 Å². The van der Waals surface area contributed by atoms with Crippen molar-refractivity contribution in [2.45, 2.75) is 39.0 Å². The van der Waals surface area contributed by atoms with Gasteiger partial charge in [0.05, 0.1) is 4.88 Å². The Hall–Kier alpha value is -1.36. The monoisotopic (exact) mass is 281 g/mol. The van der Waals surface area contributed by atoms with E-state index in [1.807, 2.05) is 6.07 Å². The van der Waals surface area contributed by atoms with E-state index in [4.69, 9.17) is 5.11 Å². The van der Waals surface area contributed by atoms with Crippen LogP contribution in [0.3, 0.4) is 0 Å². The van der Waals surface area contributed by atoms with E-state index < -0.39 is 5.97 Å². The molecule has 1 atom stereocenters. The average Bonchev–Trinajstić information content (AvgIpc) is 2.77. The average molecular weight is 281 g/mol. The Balaban J connectivity index is 1.88. The van der Waals surface area contributed by atoms with E-state index in [2.05, 4.69) is 12.2 Å². The first-order valence-electron chi connectivity index (χ1n) is 6.68. The number of thiophene rings is 1. The summed E-state index contributed by atoms with van der Waals surface area (Å²) in [5.74, 6) is -0.194. The van der Waals surface area contributed by atoms with Gasteiger partial charge < -0.3 is 10.4 Å². The molecule has 4 nitrogen and oxygen atoms in total. The molecule has 0 spiro atoms. The van der Waals surface area contributed by atoms with Crippen LogP contribution in [0.25, 0.3) is 0 Å². The highest BCUT2D eigenvalue weighted by Gasteiger charge is 2.20. The van der Waals surface area contributed by atoms with Crippen molar-refractivity contribution in [2.24, 2.45) is 5.92 Å². The lowest BCUT2D eigenvalue weighted by Crippen LogP contribution is -2.24. The van der Waals surface area contributed by atoms with Crippen LogP contribution < -0.4 is 5.32 Å². The molecule has 5 heteroatoms.